The number of rotatable bonds is 3. The largest absolute Gasteiger partial charge is 0.479 e. The lowest BCUT2D eigenvalue weighted by Gasteiger charge is -2.43. The second kappa shape index (κ2) is 5.14. The zero-order chi connectivity index (χ0) is 15.8. The number of hydrogen-bond acceptors (Lipinski definition) is 3. The molecule has 1 amide bonds. The Balaban J connectivity index is 3.05. The molecule has 0 spiro atoms. The van der Waals surface area contributed by atoms with E-state index in [9.17, 15) is 22.8 Å². The van der Waals surface area contributed by atoms with Crippen LogP contribution in [0.3, 0.4) is 0 Å². The minimum Gasteiger partial charge on any atom is -0.479 e. The Bertz CT molecular complexity index is 398. The molecule has 0 bridgehead atoms. The van der Waals surface area contributed by atoms with E-state index in [0.717, 1.165) is 0 Å². The molecule has 1 fully saturated rings. The van der Waals surface area contributed by atoms with Crippen LogP contribution >= 0.6 is 0 Å². The summed E-state index contributed by atoms with van der Waals surface area (Å²) in [5, 5.41) is 10.6. The number of aliphatic carboxylic acids is 1. The molecule has 20 heavy (non-hydrogen) atoms. The van der Waals surface area contributed by atoms with Crippen molar-refractivity contribution in [2.24, 2.45) is 5.92 Å². The smallest absolute Gasteiger partial charge is 0.422 e. The van der Waals surface area contributed by atoms with Crippen LogP contribution in [-0.4, -0.2) is 34.5 Å². The molecule has 0 heterocycles. The van der Waals surface area contributed by atoms with E-state index in [1.165, 1.54) is 20.8 Å². The molecule has 1 unspecified atom stereocenters. The SMILES string of the molecule is CC(C)(C)OC(=O)NC(C(=O)O)(C1CCC1)C(F)(F)F. The summed E-state index contributed by atoms with van der Waals surface area (Å²) in [7, 11) is 0. The van der Waals surface area contributed by atoms with Crippen LogP contribution in [-0.2, 0) is 9.53 Å². The lowest BCUT2D eigenvalue weighted by Crippen LogP contribution is -2.69. The Hall–Kier alpha value is -1.47. The van der Waals surface area contributed by atoms with Gasteiger partial charge in [0.1, 0.15) is 5.60 Å². The summed E-state index contributed by atoms with van der Waals surface area (Å²) in [6.07, 6.45) is -5.78. The first-order valence-corrected chi connectivity index (χ1v) is 6.21. The first kappa shape index (κ1) is 16.6. The summed E-state index contributed by atoms with van der Waals surface area (Å²) >= 11 is 0. The first-order chi connectivity index (χ1) is 8.90. The van der Waals surface area contributed by atoms with Crippen molar-refractivity contribution in [1.29, 1.82) is 0 Å². The van der Waals surface area contributed by atoms with Gasteiger partial charge in [0, 0.05) is 5.92 Å². The normalized spacial score (nSPS) is 19.7. The van der Waals surface area contributed by atoms with Gasteiger partial charge in [0.2, 0.25) is 5.54 Å². The lowest BCUT2D eigenvalue weighted by atomic mass is 9.70. The third-order valence-electron chi connectivity index (χ3n) is 3.20. The van der Waals surface area contributed by atoms with Gasteiger partial charge in [0.15, 0.2) is 0 Å². The Morgan fingerprint density at radius 1 is 1.20 bits per heavy atom. The summed E-state index contributed by atoms with van der Waals surface area (Å²) < 4.78 is 44.5. The van der Waals surface area contributed by atoms with Crippen LogP contribution in [0.15, 0.2) is 0 Å². The summed E-state index contributed by atoms with van der Waals surface area (Å²) in [5.41, 5.74) is -4.30. The lowest BCUT2D eigenvalue weighted by molar-refractivity contribution is -0.226. The van der Waals surface area contributed by atoms with Gasteiger partial charge in [-0.2, -0.15) is 13.2 Å². The maximum atomic E-state index is 13.2. The third-order valence-corrected chi connectivity index (χ3v) is 3.20. The average Bonchev–Trinajstić information content (AvgIpc) is 2.07. The summed E-state index contributed by atoms with van der Waals surface area (Å²) in [4.78, 5) is 22.8. The van der Waals surface area contributed by atoms with Crippen LogP contribution in [0.4, 0.5) is 18.0 Å². The van der Waals surface area contributed by atoms with Crippen molar-refractivity contribution < 1.29 is 32.6 Å². The van der Waals surface area contributed by atoms with Crippen molar-refractivity contribution in [3.63, 3.8) is 0 Å². The van der Waals surface area contributed by atoms with Crippen molar-refractivity contribution >= 4 is 12.1 Å². The van der Waals surface area contributed by atoms with E-state index < -0.39 is 35.3 Å². The summed E-state index contributed by atoms with van der Waals surface area (Å²) in [5.74, 6) is -3.28. The molecule has 8 heteroatoms. The maximum absolute atomic E-state index is 13.2. The second-order valence-corrected chi connectivity index (χ2v) is 5.87. The standard InChI is InChI=1S/C12H18F3NO4/c1-10(2,3)20-9(19)16-11(8(17)18,12(13,14)15)7-5-4-6-7/h7H,4-6H2,1-3H3,(H,16,19)(H,17,18). The first-order valence-electron chi connectivity index (χ1n) is 6.21. The van der Waals surface area contributed by atoms with Crippen molar-refractivity contribution in [2.75, 3.05) is 0 Å². The van der Waals surface area contributed by atoms with Crippen molar-refractivity contribution in [1.82, 2.24) is 5.32 Å². The van der Waals surface area contributed by atoms with Crippen molar-refractivity contribution in [3.05, 3.63) is 0 Å². The average molecular weight is 297 g/mol. The second-order valence-electron chi connectivity index (χ2n) is 5.87. The van der Waals surface area contributed by atoms with Gasteiger partial charge >= 0.3 is 18.2 Å². The third kappa shape index (κ3) is 3.16. The van der Waals surface area contributed by atoms with Gasteiger partial charge in [0.05, 0.1) is 0 Å². The predicted molar refractivity (Wildman–Crippen MR) is 63.1 cm³/mol. The maximum Gasteiger partial charge on any atom is 0.422 e. The number of alkyl halides is 3. The van der Waals surface area contributed by atoms with Gasteiger partial charge in [-0.15, -0.1) is 0 Å². The van der Waals surface area contributed by atoms with E-state index in [1.54, 1.807) is 5.32 Å². The van der Waals surface area contributed by atoms with E-state index in [2.05, 4.69) is 0 Å². The van der Waals surface area contributed by atoms with E-state index in [0.29, 0.717) is 6.42 Å². The highest BCUT2D eigenvalue weighted by molar-refractivity contribution is 5.86. The van der Waals surface area contributed by atoms with Gasteiger partial charge in [-0.3, -0.25) is 5.32 Å². The predicted octanol–water partition coefficient (Wildman–Crippen LogP) is 2.70. The minimum absolute atomic E-state index is 0.0988. The highest BCUT2D eigenvalue weighted by Crippen LogP contribution is 2.45. The molecule has 0 aromatic carbocycles. The number of hydrogen-bond donors (Lipinski definition) is 2. The molecule has 2 N–H and O–H groups in total. The Labute approximate surface area is 114 Å². The number of ether oxygens (including phenoxy) is 1. The Morgan fingerprint density at radius 3 is 1.95 bits per heavy atom. The van der Waals surface area contributed by atoms with Crippen LogP contribution in [0, 0.1) is 5.92 Å². The van der Waals surface area contributed by atoms with Crippen LogP contribution in [0.25, 0.3) is 0 Å². The summed E-state index contributed by atoms with van der Waals surface area (Å²) in [6.45, 7) is 4.43. The zero-order valence-electron chi connectivity index (χ0n) is 11.5. The van der Waals surface area contributed by atoms with Crippen molar-refractivity contribution in [2.45, 2.75) is 57.3 Å². The van der Waals surface area contributed by atoms with E-state index in [4.69, 9.17) is 9.84 Å². The van der Waals surface area contributed by atoms with Crippen molar-refractivity contribution in [3.8, 4) is 0 Å². The number of carbonyl (C=O) groups excluding carboxylic acids is 1. The molecule has 0 saturated heterocycles. The number of carboxylic acid groups (broad SMARTS) is 1. The van der Waals surface area contributed by atoms with Crippen LogP contribution in [0.1, 0.15) is 40.0 Å². The fourth-order valence-electron chi connectivity index (χ4n) is 2.06. The highest BCUT2D eigenvalue weighted by atomic mass is 19.4. The molecule has 1 saturated carbocycles. The molecule has 5 nitrogen and oxygen atoms in total. The van der Waals surface area contributed by atoms with Crippen LogP contribution in [0.5, 0.6) is 0 Å². The minimum atomic E-state index is -5.10. The molecule has 0 aromatic heterocycles. The fourth-order valence-corrected chi connectivity index (χ4v) is 2.06. The van der Waals surface area contributed by atoms with Gasteiger partial charge < -0.3 is 9.84 Å². The monoisotopic (exact) mass is 297 g/mol. The highest BCUT2D eigenvalue weighted by Gasteiger charge is 2.67. The molecular weight excluding hydrogens is 279 g/mol. The van der Waals surface area contributed by atoms with Gasteiger partial charge in [0.25, 0.3) is 0 Å². The van der Waals surface area contributed by atoms with Crippen LogP contribution in [0.2, 0.25) is 0 Å². The number of amides is 1. The Kier molecular flexibility index (Phi) is 4.26. The zero-order valence-corrected chi connectivity index (χ0v) is 11.5. The van der Waals surface area contributed by atoms with E-state index in [1.807, 2.05) is 0 Å². The molecule has 1 aliphatic rings. The molecule has 1 atom stereocenters. The Morgan fingerprint density at radius 2 is 1.70 bits per heavy atom. The van der Waals surface area contributed by atoms with Gasteiger partial charge in [-0.1, -0.05) is 6.42 Å². The molecule has 0 aromatic rings. The number of alkyl carbamates (subject to hydrolysis) is 1. The molecule has 1 aliphatic carbocycles. The van der Waals surface area contributed by atoms with E-state index in [-0.39, 0.29) is 12.8 Å². The quantitative estimate of drug-likeness (QED) is 0.839. The van der Waals surface area contributed by atoms with Gasteiger partial charge in [-0.25, -0.2) is 9.59 Å². The topological polar surface area (TPSA) is 75.6 Å². The number of carbonyl (C=O) groups is 2. The molecule has 0 radical (unpaired) electrons. The fraction of sp³-hybridized carbons (Fsp3) is 0.833. The summed E-state index contributed by atoms with van der Waals surface area (Å²) in [6, 6.07) is 0. The number of carboxylic acids is 1. The van der Waals surface area contributed by atoms with Gasteiger partial charge in [-0.05, 0) is 33.6 Å². The molecule has 116 valence electrons. The number of halogens is 3. The van der Waals surface area contributed by atoms with Crippen LogP contribution < -0.4 is 5.32 Å². The number of nitrogens with one attached hydrogen (secondary N) is 1. The molecular formula is C12H18F3NO4. The molecule has 1 rings (SSSR count). The van der Waals surface area contributed by atoms with E-state index >= 15 is 0 Å². The molecule has 0 aliphatic heterocycles.